The lowest BCUT2D eigenvalue weighted by atomic mass is 10.1. The Morgan fingerprint density at radius 1 is 1.21 bits per heavy atom. The van der Waals surface area contributed by atoms with Crippen LogP contribution in [0, 0.1) is 5.92 Å². The molecule has 2 unspecified atom stereocenters. The first-order valence-electron chi connectivity index (χ1n) is 5.94. The van der Waals surface area contributed by atoms with Gasteiger partial charge in [-0.25, -0.2) is 0 Å². The van der Waals surface area contributed by atoms with Crippen LogP contribution in [0.25, 0.3) is 0 Å². The molecule has 0 saturated heterocycles. The van der Waals surface area contributed by atoms with Crippen molar-refractivity contribution in [3.63, 3.8) is 0 Å². The Morgan fingerprint density at radius 3 is 2.11 bits per heavy atom. The van der Waals surface area contributed by atoms with Crippen LogP contribution in [0.2, 0.25) is 0 Å². The van der Waals surface area contributed by atoms with Gasteiger partial charge in [0.25, 0.3) is 0 Å². The number of esters is 1. The van der Waals surface area contributed by atoms with Crippen molar-refractivity contribution in [2.75, 3.05) is 27.7 Å². The number of nitrogens with zero attached hydrogens (tertiary/aromatic N) is 1. The summed E-state index contributed by atoms with van der Waals surface area (Å²) < 4.78 is 5.46. The van der Waals surface area contributed by atoms with E-state index in [1.165, 1.54) is 6.92 Å². The number of carbonyl (C=O) groups excluding carboxylic acids is 2. The maximum atomic E-state index is 11.5. The van der Waals surface area contributed by atoms with E-state index in [9.17, 15) is 19.5 Å². The van der Waals surface area contributed by atoms with E-state index in [0.29, 0.717) is 11.0 Å². The van der Waals surface area contributed by atoms with E-state index in [-0.39, 0.29) is 12.8 Å². The molecule has 0 heterocycles. The number of aliphatic carboxylic acids is 2. The molecule has 2 atom stereocenters. The van der Waals surface area contributed by atoms with Gasteiger partial charge in [0, 0.05) is 11.9 Å². The predicted octanol–water partition coefficient (Wildman–Crippen LogP) is -1.14. The number of hydrogen-bond acceptors (Lipinski definition) is 5. The van der Waals surface area contributed by atoms with Crippen LogP contribution in [-0.4, -0.2) is 61.3 Å². The molecule has 1 N–H and O–H groups in total. The average molecular weight is 275 g/mol. The van der Waals surface area contributed by atoms with Gasteiger partial charge in [0.2, 0.25) is 0 Å². The molecule has 0 radical (unpaired) electrons. The van der Waals surface area contributed by atoms with Crippen molar-refractivity contribution >= 4 is 17.9 Å². The Bertz CT molecular complexity index is 347. The highest BCUT2D eigenvalue weighted by molar-refractivity contribution is 5.77. The maximum absolute atomic E-state index is 11.5. The highest BCUT2D eigenvalue weighted by Crippen LogP contribution is 2.09. The minimum absolute atomic E-state index is 0.305. The molecule has 7 heteroatoms. The van der Waals surface area contributed by atoms with Crippen molar-refractivity contribution in [1.29, 1.82) is 0 Å². The number of carbonyl (C=O) groups is 3. The lowest BCUT2D eigenvalue weighted by molar-refractivity contribution is -0.873. The zero-order valence-electron chi connectivity index (χ0n) is 11.7. The van der Waals surface area contributed by atoms with Crippen molar-refractivity contribution in [1.82, 2.24) is 0 Å². The van der Waals surface area contributed by atoms with E-state index in [1.807, 2.05) is 21.1 Å². The molecular formula is C12H21NO6. The quantitative estimate of drug-likeness (QED) is 0.443. The number of carboxylic acid groups (broad SMARTS) is 2. The van der Waals surface area contributed by atoms with E-state index >= 15 is 0 Å². The van der Waals surface area contributed by atoms with Gasteiger partial charge in [0.05, 0.1) is 34.0 Å². The smallest absolute Gasteiger partial charge is 0.307 e. The summed E-state index contributed by atoms with van der Waals surface area (Å²) in [6.45, 7) is 1.67. The summed E-state index contributed by atoms with van der Waals surface area (Å²) in [5.41, 5.74) is 0. The second-order valence-corrected chi connectivity index (χ2v) is 5.61. The van der Waals surface area contributed by atoms with Crippen LogP contribution in [0.3, 0.4) is 0 Å². The normalized spacial score (nSPS) is 14.5. The number of carboxylic acids is 2. The first-order chi connectivity index (χ1) is 8.51. The third kappa shape index (κ3) is 9.01. The number of hydrogen-bond donors (Lipinski definition) is 1. The molecule has 0 amide bonds. The summed E-state index contributed by atoms with van der Waals surface area (Å²) >= 11 is 0. The molecule has 19 heavy (non-hydrogen) atoms. The van der Waals surface area contributed by atoms with Crippen molar-refractivity contribution in [2.24, 2.45) is 5.92 Å². The minimum atomic E-state index is -1.33. The minimum Gasteiger partial charge on any atom is -0.550 e. The predicted molar refractivity (Wildman–Crippen MR) is 63.8 cm³/mol. The van der Waals surface area contributed by atoms with Crippen LogP contribution in [0.5, 0.6) is 0 Å². The number of quaternary nitrogens is 1. The highest BCUT2D eigenvalue weighted by Gasteiger charge is 2.25. The van der Waals surface area contributed by atoms with Gasteiger partial charge in [-0.15, -0.1) is 0 Å². The van der Waals surface area contributed by atoms with E-state index in [0.717, 1.165) is 0 Å². The molecule has 0 aliphatic rings. The van der Waals surface area contributed by atoms with Crippen LogP contribution >= 0.6 is 0 Å². The van der Waals surface area contributed by atoms with Crippen LogP contribution in [-0.2, 0) is 19.1 Å². The summed E-state index contributed by atoms with van der Waals surface area (Å²) in [4.78, 5) is 32.7. The van der Waals surface area contributed by atoms with Crippen molar-refractivity contribution < 1.29 is 33.8 Å². The largest absolute Gasteiger partial charge is 0.550 e. The maximum Gasteiger partial charge on any atom is 0.307 e. The molecule has 110 valence electrons. The van der Waals surface area contributed by atoms with Crippen molar-refractivity contribution in [2.45, 2.75) is 25.9 Å². The summed E-state index contributed by atoms with van der Waals surface area (Å²) in [5.74, 6) is -4.09. The fraction of sp³-hybridized carbons (Fsp3) is 0.750. The molecule has 0 fully saturated rings. The topological polar surface area (TPSA) is 104 Å². The summed E-state index contributed by atoms with van der Waals surface area (Å²) in [6.07, 6.45) is -1.41. The Kier molecular flexibility index (Phi) is 6.47. The van der Waals surface area contributed by atoms with Crippen LogP contribution in [0.15, 0.2) is 0 Å². The van der Waals surface area contributed by atoms with Gasteiger partial charge >= 0.3 is 11.9 Å². The van der Waals surface area contributed by atoms with Crippen molar-refractivity contribution in [3.05, 3.63) is 0 Å². The van der Waals surface area contributed by atoms with Gasteiger partial charge in [-0.2, -0.15) is 0 Å². The molecule has 0 aromatic heterocycles. The summed E-state index contributed by atoms with van der Waals surface area (Å²) in [5, 5.41) is 19.3. The number of ether oxygens (including phenoxy) is 1. The third-order valence-electron chi connectivity index (χ3n) is 2.33. The van der Waals surface area contributed by atoms with Crippen LogP contribution < -0.4 is 5.11 Å². The van der Waals surface area contributed by atoms with E-state index in [1.54, 1.807) is 0 Å². The highest BCUT2D eigenvalue weighted by atomic mass is 16.5. The number of likely N-dealkylation sites (N-methyl/N-ethyl adjacent to an activating group) is 1. The van der Waals surface area contributed by atoms with Gasteiger partial charge in [-0.3, -0.25) is 9.59 Å². The Hall–Kier alpha value is -1.63. The summed E-state index contributed by atoms with van der Waals surface area (Å²) in [6, 6.07) is 0. The van der Waals surface area contributed by atoms with E-state index < -0.39 is 29.9 Å². The molecule has 0 bridgehead atoms. The van der Waals surface area contributed by atoms with Crippen LogP contribution in [0.1, 0.15) is 19.8 Å². The Balaban J connectivity index is 4.50. The Labute approximate surface area is 112 Å². The fourth-order valence-electron chi connectivity index (χ4n) is 1.52. The third-order valence-corrected chi connectivity index (χ3v) is 2.33. The second-order valence-electron chi connectivity index (χ2n) is 5.61. The average Bonchev–Trinajstić information content (AvgIpc) is 2.12. The van der Waals surface area contributed by atoms with E-state index in [2.05, 4.69) is 0 Å². The molecule has 0 aliphatic heterocycles. The van der Waals surface area contributed by atoms with Gasteiger partial charge < -0.3 is 24.2 Å². The molecule has 0 rings (SSSR count). The molecule has 0 saturated carbocycles. The van der Waals surface area contributed by atoms with Crippen molar-refractivity contribution in [3.8, 4) is 0 Å². The fourth-order valence-corrected chi connectivity index (χ4v) is 1.52. The standard InChI is InChI=1S/C12H21NO6/c1-8(12(17)18)5-11(16)19-9(6-10(14)15)7-13(2,3)4/h8-9H,5-7H2,1-4H3,(H-,14,15,17,18). The molecule has 0 spiro atoms. The molecular weight excluding hydrogens is 254 g/mol. The first kappa shape index (κ1) is 17.4. The lowest BCUT2D eigenvalue weighted by Crippen LogP contribution is -2.44. The van der Waals surface area contributed by atoms with Gasteiger partial charge in [0.1, 0.15) is 6.54 Å². The zero-order valence-corrected chi connectivity index (χ0v) is 11.7. The second kappa shape index (κ2) is 7.08. The molecule has 0 aliphatic carbocycles. The molecule has 0 aromatic carbocycles. The zero-order chi connectivity index (χ0) is 15.2. The van der Waals surface area contributed by atoms with Crippen LogP contribution in [0.4, 0.5) is 0 Å². The molecule has 7 nitrogen and oxygen atoms in total. The first-order valence-corrected chi connectivity index (χ1v) is 5.94. The monoisotopic (exact) mass is 275 g/mol. The molecule has 0 aromatic rings. The lowest BCUT2D eigenvalue weighted by Gasteiger charge is -2.28. The van der Waals surface area contributed by atoms with E-state index in [4.69, 9.17) is 9.84 Å². The SMILES string of the molecule is CC(CC(=O)OC(CC(=O)O)C[N+](C)(C)C)C(=O)[O-]. The van der Waals surface area contributed by atoms with Gasteiger partial charge in [-0.1, -0.05) is 6.92 Å². The van der Waals surface area contributed by atoms with Gasteiger partial charge in [-0.05, 0) is 0 Å². The van der Waals surface area contributed by atoms with Gasteiger partial charge in [0.15, 0.2) is 6.10 Å². The number of rotatable bonds is 8. The Morgan fingerprint density at radius 2 is 1.74 bits per heavy atom. The summed E-state index contributed by atoms with van der Waals surface area (Å²) in [7, 11) is 5.52.